The lowest BCUT2D eigenvalue weighted by Gasteiger charge is -2.07. The minimum Gasteiger partial charge on any atom is -0.490 e. The van der Waals surface area contributed by atoms with Crippen LogP contribution in [0.2, 0.25) is 0 Å². The second-order valence-corrected chi connectivity index (χ2v) is 4.42. The number of benzene rings is 2. The monoisotopic (exact) mass is 304 g/mol. The summed E-state index contributed by atoms with van der Waals surface area (Å²) in [6.07, 6.45) is 0. The molecule has 0 aromatic heterocycles. The van der Waals surface area contributed by atoms with Crippen molar-refractivity contribution in [2.45, 2.75) is 6.54 Å². The van der Waals surface area contributed by atoms with Gasteiger partial charge in [0.25, 0.3) is 5.91 Å². The fourth-order valence-corrected chi connectivity index (χ4v) is 1.89. The Balaban J connectivity index is 2.15. The Morgan fingerprint density at radius 3 is 2.68 bits per heavy atom. The van der Waals surface area contributed by atoms with Crippen molar-refractivity contribution in [3.8, 4) is 5.75 Å². The van der Waals surface area contributed by atoms with E-state index in [0.29, 0.717) is 5.56 Å². The summed E-state index contributed by atoms with van der Waals surface area (Å²) in [6.45, 7) is -0.00860. The molecule has 0 atom stereocenters. The number of ether oxygens (including phenoxy) is 1. The summed E-state index contributed by atoms with van der Waals surface area (Å²) in [4.78, 5) is 22.3. The smallest absolute Gasteiger partial charge is 0.311 e. The van der Waals surface area contributed by atoms with Gasteiger partial charge in [-0.2, -0.15) is 0 Å². The highest BCUT2D eigenvalue weighted by Crippen LogP contribution is 2.27. The van der Waals surface area contributed by atoms with E-state index in [-0.39, 0.29) is 23.5 Å². The molecule has 0 saturated heterocycles. The maximum atomic E-state index is 13.5. The summed E-state index contributed by atoms with van der Waals surface area (Å²) >= 11 is 0. The molecule has 22 heavy (non-hydrogen) atoms. The van der Waals surface area contributed by atoms with Crippen LogP contribution >= 0.6 is 0 Å². The Hall–Kier alpha value is -2.96. The zero-order valence-electron chi connectivity index (χ0n) is 11.7. The van der Waals surface area contributed by atoms with E-state index in [2.05, 4.69) is 5.32 Å². The highest BCUT2D eigenvalue weighted by Gasteiger charge is 2.18. The molecule has 0 bridgehead atoms. The number of methoxy groups -OCH3 is 1. The van der Waals surface area contributed by atoms with Gasteiger partial charge < -0.3 is 10.1 Å². The molecule has 0 spiro atoms. The lowest BCUT2D eigenvalue weighted by molar-refractivity contribution is -0.385. The Kier molecular flexibility index (Phi) is 4.67. The first-order chi connectivity index (χ1) is 10.5. The Morgan fingerprint density at radius 1 is 1.32 bits per heavy atom. The molecule has 0 unspecified atom stereocenters. The molecule has 0 aliphatic heterocycles. The number of nitrogens with zero attached hydrogens (tertiary/aromatic N) is 1. The lowest BCUT2D eigenvalue weighted by Crippen LogP contribution is -2.23. The third kappa shape index (κ3) is 3.38. The van der Waals surface area contributed by atoms with Gasteiger partial charge in [-0.25, -0.2) is 4.39 Å². The molecule has 2 aromatic carbocycles. The molecule has 0 fully saturated rings. The molecule has 2 aromatic rings. The van der Waals surface area contributed by atoms with Gasteiger partial charge in [0.15, 0.2) is 5.75 Å². The van der Waals surface area contributed by atoms with E-state index >= 15 is 0 Å². The number of carbonyl (C=O) groups is 1. The van der Waals surface area contributed by atoms with Crippen molar-refractivity contribution in [3.05, 3.63) is 69.5 Å². The Morgan fingerprint density at radius 2 is 2.05 bits per heavy atom. The fourth-order valence-electron chi connectivity index (χ4n) is 1.89. The van der Waals surface area contributed by atoms with Crippen LogP contribution in [0.15, 0.2) is 42.5 Å². The summed E-state index contributed by atoms with van der Waals surface area (Å²) in [5.41, 5.74) is 0.128. The second kappa shape index (κ2) is 6.66. The maximum absolute atomic E-state index is 13.5. The van der Waals surface area contributed by atoms with Gasteiger partial charge in [0, 0.05) is 23.7 Å². The van der Waals surface area contributed by atoms with Crippen molar-refractivity contribution in [1.82, 2.24) is 5.32 Å². The van der Waals surface area contributed by atoms with Crippen LogP contribution in [0, 0.1) is 15.9 Å². The molecular formula is C15H13FN2O4. The van der Waals surface area contributed by atoms with Crippen LogP contribution in [-0.4, -0.2) is 17.9 Å². The summed E-state index contributed by atoms with van der Waals surface area (Å²) in [5, 5.41) is 13.4. The van der Waals surface area contributed by atoms with Crippen LogP contribution in [0.1, 0.15) is 15.9 Å². The number of halogens is 1. The van der Waals surface area contributed by atoms with Gasteiger partial charge in [0.05, 0.1) is 12.0 Å². The summed E-state index contributed by atoms with van der Waals surface area (Å²) in [5.74, 6) is -0.895. The zero-order valence-corrected chi connectivity index (χ0v) is 11.7. The quantitative estimate of drug-likeness (QED) is 0.680. The molecule has 1 N–H and O–H groups in total. The van der Waals surface area contributed by atoms with E-state index in [1.165, 1.54) is 25.3 Å². The van der Waals surface area contributed by atoms with E-state index in [1.807, 2.05) is 0 Å². The Labute approximate surface area is 125 Å². The molecule has 114 valence electrons. The van der Waals surface area contributed by atoms with Crippen molar-refractivity contribution >= 4 is 11.6 Å². The second-order valence-electron chi connectivity index (χ2n) is 4.42. The number of amides is 1. The lowest BCUT2D eigenvalue weighted by atomic mass is 10.1. The highest BCUT2D eigenvalue weighted by atomic mass is 19.1. The van der Waals surface area contributed by atoms with Gasteiger partial charge in [0.1, 0.15) is 5.82 Å². The first kappa shape index (κ1) is 15.4. The topological polar surface area (TPSA) is 81.5 Å². The molecule has 1 amide bonds. The summed E-state index contributed by atoms with van der Waals surface area (Å²) in [7, 11) is 1.31. The van der Waals surface area contributed by atoms with E-state index < -0.39 is 16.6 Å². The first-order valence-corrected chi connectivity index (χ1v) is 6.37. The number of hydrogen-bond acceptors (Lipinski definition) is 4. The van der Waals surface area contributed by atoms with Gasteiger partial charge in [-0.1, -0.05) is 18.2 Å². The zero-order chi connectivity index (χ0) is 16.1. The van der Waals surface area contributed by atoms with E-state index in [1.54, 1.807) is 18.2 Å². The molecule has 0 aliphatic carbocycles. The number of nitro groups is 1. The van der Waals surface area contributed by atoms with Crippen LogP contribution in [0.5, 0.6) is 5.75 Å². The number of rotatable bonds is 5. The molecule has 6 nitrogen and oxygen atoms in total. The predicted octanol–water partition coefficient (Wildman–Crippen LogP) is 2.67. The molecular weight excluding hydrogens is 291 g/mol. The van der Waals surface area contributed by atoms with Gasteiger partial charge in [-0.3, -0.25) is 14.9 Å². The van der Waals surface area contributed by atoms with Crippen LogP contribution in [0.3, 0.4) is 0 Å². The third-order valence-electron chi connectivity index (χ3n) is 3.03. The molecule has 2 rings (SSSR count). The standard InChI is InChI=1S/C15H13FN2O4/c1-22-14-7-6-10(8-13(14)18(20)21)15(19)17-9-11-4-2-3-5-12(11)16/h2-8H,9H2,1H3,(H,17,19). The Bertz CT molecular complexity index is 718. The minimum absolute atomic E-state index is 0.00860. The van der Waals surface area contributed by atoms with Gasteiger partial charge >= 0.3 is 5.69 Å². The number of carbonyl (C=O) groups excluding carboxylic acids is 1. The highest BCUT2D eigenvalue weighted by molar-refractivity contribution is 5.95. The van der Waals surface area contributed by atoms with Crippen LogP contribution in [0.25, 0.3) is 0 Å². The average Bonchev–Trinajstić information content (AvgIpc) is 2.53. The van der Waals surface area contributed by atoms with E-state index in [0.717, 1.165) is 6.07 Å². The first-order valence-electron chi connectivity index (χ1n) is 6.37. The van der Waals surface area contributed by atoms with Crippen molar-refractivity contribution in [2.24, 2.45) is 0 Å². The van der Waals surface area contributed by atoms with Gasteiger partial charge in [-0.15, -0.1) is 0 Å². The number of nitrogens with one attached hydrogen (secondary N) is 1. The third-order valence-corrected chi connectivity index (χ3v) is 3.03. The predicted molar refractivity (Wildman–Crippen MR) is 77.2 cm³/mol. The molecule has 0 aliphatic rings. The van der Waals surface area contributed by atoms with Crippen molar-refractivity contribution in [2.75, 3.05) is 7.11 Å². The molecule has 7 heteroatoms. The van der Waals surface area contributed by atoms with Gasteiger partial charge in [-0.05, 0) is 18.2 Å². The largest absolute Gasteiger partial charge is 0.490 e. The fraction of sp³-hybridized carbons (Fsp3) is 0.133. The van der Waals surface area contributed by atoms with Crippen LogP contribution in [-0.2, 0) is 6.54 Å². The number of nitro benzene ring substituents is 1. The van der Waals surface area contributed by atoms with Crippen LogP contribution < -0.4 is 10.1 Å². The number of hydrogen-bond donors (Lipinski definition) is 1. The molecule has 0 saturated carbocycles. The van der Waals surface area contributed by atoms with Crippen LogP contribution in [0.4, 0.5) is 10.1 Å². The normalized spacial score (nSPS) is 10.1. The molecule has 0 radical (unpaired) electrons. The maximum Gasteiger partial charge on any atom is 0.311 e. The average molecular weight is 304 g/mol. The summed E-state index contributed by atoms with van der Waals surface area (Å²) < 4.78 is 18.3. The molecule has 0 heterocycles. The van der Waals surface area contributed by atoms with Crippen molar-refractivity contribution in [1.29, 1.82) is 0 Å². The van der Waals surface area contributed by atoms with Crippen molar-refractivity contribution < 1.29 is 18.8 Å². The SMILES string of the molecule is COc1ccc(C(=O)NCc2ccccc2F)cc1[N+](=O)[O-]. The van der Waals surface area contributed by atoms with E-state index in [9.17, 15) is 19.3 Å². The van der Waals surface area contributed by atoms with E-state index in [4.69, 9.17) is 4.74 Å². The van der Waals surface area contributed by atoms with Crippen molar-refractivity contribution in [3.63, 3.8) is 0 Å². The minimum atomic E-state index is -0.632. The van der Waals surface area contributed by atoms with Gasteiger partial charge in [0.2, 0.25) is 0 Å². The summed E-state index contributed by atoms with van der Waals surface area (Å²) in [6, 6.07) is 9.91.